The van der Waals surface area contributed by atoms with Gasteiger partial charge in [0.2, 0.25) is 10.0 Å². The van der Waals surface area contributed by atoms with E-state index >= 15 is 0 Å². The summed E-state index contributed by atoms with van der Waals surface area (Å²) >= 11 is 5.69. The van der Waals surface area contributed by atoms with Gasteiger partial charge in [0.15, 0.2) is 5.82 Å². The van der Waals surface area contributed by atoms with Crippen LogP contribution < -0.4 is 10.5 Å². The third-order valence-corrected chi connectivity index (χ3v) is 4.24. The number of halogens is 2. The van der Waals surface area contributed by atoms with Crippen LogP contribution in [-0.4, -0.2) is 51.2 Å². The van der Waals surface area contributed by atoms with E-state index in [1.54, 1.807) is 19.0 Å². The molecule has 0 heterocycles. The average Bonchev–Trinajstić information content (AvgIpc) is 2.30. The molecule has 21 heavy (non-hydrogen) atoms. The lowest BCUT2D eigenvalue weighted by atomic mass is 10.1. The van der Waals surface area contributed by atoms with Crippen LogP contribution in [0.25, 0.3) is 0 Å². The Morgan fingerprint density at radius 1 is 1.48 bits per heavy atom. The van der Waals surface area contributed by atoms with E-state index in [0.717, 1.165) is 12.1 Å². The molecule has 0 saturated carbocycles. The molecule has 9 heteroatoms. The Balaban J connectivity index is 2.98. The number of anilines is 1. The van der Waals surface area contributed by atoms with Crippen LogP contribution in [0, 0.1) is 5.82 Å². The Morgan fingerprint density at radius 2 is 2.05 bits per heavy atom. The van der Waals surface area contributed by atoms with E-state index in [1.807, 2.05) is 0 Å². The number of benzene rings is 1. The maximum atomic E-state index is 13.8. The molecule has 0 saturated heterocycles. The van der Waals surface area contributed by atoms with E-state index in [4.69, 9.17) is 17.3 Å². The highest BCUT2D eigenvalue weighted by atomic mass is 35.5. The van der Waals surface area contributed by atoms with E-state index < -0.39 is 26.3 Å². The van der Waals surface area contributed by atoms with Crippen molar-refractivity contribution >= 4 is 27.3 Å². The van der Waals surface area contributed by atoms with Crippen LogP contribution in [0.5, 0.6) is 0 Å². The fourth-order valence-corrected chi connectivity index (χ4v) is 3.43. The van der Waals surface area contributed by atoms with Crippen molar-refractivity contribution < 1.29 is 17.9 Å². The lowest BCUT2D eigenvalue weighted by Gasteiger charge is -2.27. The minimum atomic E-state index is -4.17. The molecule has 1 unspecified atom stereocenters. The van der Waals surface area contributed by atoms with Crippen LogP contribution in [0.4, 0.5) is 10.1 Å². The summed E-state index contributed by atoms with van der Waals surface area (Å²) in [5.41, 5.74) is 3.69. The molecule has 0 bridgehead atoms. The predicted molar refractivity (Wildman–Crippen MR) is 80.2 cm³/mol. The SMILES string of the molecule is CN(C)CC(C)(O)CNS(=O)(=O)c1cc(Cl)cc(N)c1F. The molecular formula is C12H19ClFN3O3S. The first-order valence-corrected chi connectivity index (χ1v) is 7.92. The second-order valence-corrected chi connectivity index (χ2v) is 7.54. The van der Waals surface area contributed by atoms with E-state index in [-0.39, 0.29) is 23.8 Å². The minimum Gasteiger partial charge on any atom is -0.396 e. The molecule has 6 nitrogen and oxygen atoms in total. The van der Waals surface area contributed by atoms with Gasteiger partial charge in [0.1, 0.15) is 4.90 Å². The van der Waals surface area contributed by atoms with Crippen LogP contribution in [-0.2, 0) is 10.0 Å². The molecule has 0 radical (unpaired) electrons. The Morgan fingerprint density at radius 3 is 2.57 bits per heavy atom. The lowest BCUT2D eigenvalue weighted by molar-refractivity contribution is 0.0386. The van der Waals surface area contributed by atoms with Gasteiger partial charge in [0, 0.05) is 18.1 Å². The maximum Gasteiger partial charge on any atom is 0.243 e. The first-order chi connectivity index (χ1) is 9.44. The molecule has 1 aromatic rings. The highest BCUT2D eigenvalue weighted by Gasteiger charge is 2.27. The number of hydrogen-bond acceptors (Lipinski definition) is 5. The Bertz CT molecular complexity index is 620. The highest BCUT2D eigenvalue weighted by Crippen LogP contribution is 2.25. The van der Waals surface area contributed by atoms with Crippen molar-refractivity contribution in [2.45, 2.75) is 17.4 Å². The summed E-state index contributed by atoms with van der Waals surface area (Å²) in [6, 6.07) is 2.09. The van der Waals surface area contributed by atoms with Gasteiger partial charge in [-0.15, -0.1) is 0 Å². The number of sulfonamides is 1. The van der Waals surface area contributed by atoms with Crippen molar-refractivity contribution in [2.24, 2.45) is 0 Å². The van der Waals surface area contributed by atoms with Crippen molar-refractivity contribution in [3.8, 4) is 0 Å². The Kier molecular flexibility index (Phi) is 5.57. The van der Waals surface area contributed by atoms with Gasteiger partial charge in [-0.2, -0.15) is 0 Å². The number of hydrogen-bond donors (Lipinski definition) is 3. The zero-order chi connectivity index (χ0) is 16.4. The van der Waals surface area contributed by atoms with Gasteiger partial charge in [-0.1, -0.05) is 11.6 Å². The van der Waals surface area contributed by atoms with Gasteiger partial charge in [-0.25, -0.2) is 17.5 Å². The summed E-state index contributed by atoms with van der Waals surface area (Å²) in [6.07, 6.45) is 0. The molecule has 1 atom stereocenters. The summed E-state index contributed by atoms with van der Waals surface area (Å²) in [4.78, 5) is 1.06. The van der Waals surface area contributed by atoms with Crippen molar-refractivity contribution in [2.75, 3.05) is 32.9 Å². The van der Waals surface area contributed by atoms with Gasteiger partial charge in [0.05, 0.1) is 11.3 Å². The van der Waals surface area contributed by atoms with Gasteiger partial charge in [0.25, 0.3) is 0 Å². The molecule has 0 spiro atoms. The second-order valence-electron chi connectivity index (χ2n) is 5.37. The fourth-order valence-electron chi connectivity index (χ4n) is 1.85. The summed E-state index contributed by atoms with van der Waals surface area (Å²) in [5.74, 6) is -1.07. The van der Waals surface area contributed by atoms with E-state index in [9.17, 15) is 17.9 Å². The second kappa shape index (κ2) is 6.45. The average molecular weight is 340 g/mol. The number of aliphatic hydroxyl groups is 1. The molecular weight excluding hydrogens is 321 g/mol. The van der Waals surface area contributed by atoms with E-state index in [0.29, 0.717) is 0 Å². The number of nitrogens with one attached hydrogen (secondary N) is 1. The van der Waals surface area contributed by atoms with Gasteiger partial charge in [-0.3, -0.25) is 0 Å². The monoisotopic (exact) mass is 339 g/mol. The fraction of sp³-hybridized carbons (Fsp3) is 0.500. The van der Waals surface area contributed by atoms with Gasteiger partial charge >= 0.3 is 0 Å². The molecule has 0 aliphatic carbocycles. The smallest absolute Gasteiger partial charge is 0.243 e. The molecule has 1 rings (SSSR count). The number of nitrogens with zero attached hydrogens (tertiary/aromatic N) is 1. The van der Waals surface area contributed by atoms with E-state index in [1.165, 1.54) is 6.92 Å². The topological polar surface area (TPSA) is 95.7 Å². The summed E-state index contributed by atoms with van der Waals surface area (Å²) in [7, 11) is -0.700. The van der Waals surface area contributed by atoms with E-state index in [2.05, 4.69) is 4.72 Å². The number of likely N-dealkylation sites (N-methyl/N-ethyl adjacent to an activating group) is 1. The predicted octanol–water partition coefficient (Wildman–Crippen LogP) is 0.652. The van der Waals surface area contributed by atoms with Gasteiger partial charge < -0.3 is 15.7 Å². The zero-order valence-corrected chi connectivity index (χ0v) is 13.6. The first-order valence-electron chi connectivity index (χ1n) is 6.06. The number of nitrogens with two attached hydrogens (primary N) is 1. The summed E-state index contributed by atoms with van der Waals surface area (Å²) in [5, 5.41) is 10.1. The van der Waals surface area contributed by atoms with Gasteiger partial charge in [-0.05, 0) is 33.2 Å². The zero-order valence-electron chi connectivity index (χ0n) is 12.0. The molecule has 0 aliphatic rings. The molecule has 0 fully saturated rings. The third kappa shape index (κ3) is 5.08. The van der Waals surface area contributed by atoms with Crippen LogP contribution in [0.15, 0.2) is 17.0 Å². The molecule has 0 aliphatic heterocycles. The summed E-state index contributed by atoms with van der Waals surface area (Å²) < 4.78 is 40.2. The third-order valence-electron chi connectivity index (χ3n) is 2.62. The van der Waals surface area contributed by atoms with Crippen molar-refractivity contribution in [1.29, 1.82) is 0 Å². The maximum absolute atomic E-state index is 13.8. The van der Waals surface area contributed by atoms with Crippen molar-refractivity contribution in [3.63, 3.8) is 0 Å². The van der Waals surface area contributed by atoms with Crippen LogP contribution >= 0.6 is 11.6 Å². The number of nitrogen functional groups attached to an aromatic ring is 1. The molecule has 0 amide bonds. The van der Waals surface area contributed by atoms with Crippen LogP contribution in [0.1, 0.15) is 6.92 Å². The lowest BCUT2D eigenvalue weighted by Crippen LogP contribution is -2.47. The molecule has 0 aromatic heterocycles. The van der Waals surface area contributed by atoms with Crippen LogP contribution in [0.3, 0.4) is 0 Å². The Labute approximate surface area is 128 Å². The Hall–Kier alpha value is -0.930. The molecule has 120 valence electrons. The molecule has 1 aromatic carbocycles. The number of rotatable bonds is 6. The largest absolute Gasteiger partial charge is 0.396 e. The van der Waals surface area contributed by atoms with Crippen molar-refractivity contribution in [1.82, 2.24) is 9.62 Å². The minimum absolute atomic E-state index is 0.00864. The normalized spacial score (nSPS) is 15.2. The quantitative estimate of drug-likeness (QED) is 0.661. The van der Waals surface area contributed by atoms with Crippen LogP contribution in [0.2, 0.25) is 5.02 Å². The van der Waals surface area contributed by atoms with Crippen molar-refractivity contribution in [3.05, 3.63) is 23.0 Å². The highest BCUT2D eigenvalue weighted by molar-refractivity contribution is 7.89. The summed E-state index contributed by atoms with van der Waals surface area (Å²) in [6.45, 7) is 1.42. The standard InChI is InChI=1S/C12H19ClFN3O3S/c1-12(18,7-17(2)3)6-16-21(19,20)10-5-8(13)4-9(15)11(10)14/h4-5,16,18H,6-7,15H2,1-3H3. The first kappa shape index (κ1) is 18.1. The molecule has 4 N–H and O–H groups in total.